The van der Waals surface area contributed by atoms with Crippen LogP contribution in [0.4, 0.5) is 5.69 Å². The van der Waals surface area contributed by atoms with E-state index >= 15 is 0 Å². The van der Waals surface area contributed by atoms with Crippen molar-refractivity contribution in [2.75, 3.05) is 12.4 Å². The number of rotatable bonds is 2. The zero-order chi connectivity index (χ0) is 14.4. The first-order chi connectivity index (χ1) is 9.69. The van der Waals surface area contributed by atoms with Crippen molar-refractivity contribution in [3.63, 3.8) is 0 Å². The van der Waals surface area contributed by atoms with Gasteiger partial charge in [0.2, 0.25) is 0 Å². The molecule has 0 bridgehead atoms. The fourth-order valence-corrected chi connectivity index (χ4v) is 1.75. The van der Waals surface area contributed by atoms with Gasteiger partial charge in [-0.25, -0.2) is 0 Å². The van der Waals surface area contributed by atoms with Crippen LogP contribution < -0.4 is 10.1 Å². The second-order valence-electron chi connectivity index (χ2n) is 3.91. The highest BCUT2D eigenvalue weighted by atomic mass is 35.5. The van der Waals surface area contributed by atoms with Gasteiger partial charge in [-0.05, 0) is 30.3 Å². The number of ether oxygens (including phenoxy) is 1. The quantitative estimate of drug-likeness (QED) is 0.860. The minimum Gasteiger partial charge on any atom is -0.495 e. The number of benzene rings is 2. The molecule has 0 aliphatic carbocycles. The number of anilines is 1. The molecular weight excluding hydrogens is 274 g/mol. The molecule has 0 saturated carbocycles. The SMILES string of the molecule is COc1ccc(Cl)cc1NC(=O)C#Cc1ccccc1. The lowest BCUT2D eigenvalue weighted by atomic mass is 10.2. The number of hydrogen-bond donors (Lipinski definition) is 1. The molecule has 0 atom stereocenters. The van der Waals surface area contributed by atoms with Gasteiger partial charge in [0.1, 0.15) is 5.75 Å². The van der Waals surface area contributed by atoms with Crippen molar-refractivity contribution in [3.8, 4) is 17.6 Å². The summed E-state index contributed by atoms with van der Waals surface area (Å²) in [5, 5.41) is 3.16. The molecule has 2 rings (SSSR count). The van der Waals surface area contributed by atoms with Gasteiger partial charge in [-0.15, -0.1) is 0 Å². The second-order valence-corrected chi connectivity index (χ2v) is 4.35. The minimum absolute atomic E-state index is 0.422. The van der Waals surface area contributed by atoms with E-state index in [1.807, 2.05) is 30.3 Å². The first-order valence-corrected chi connectivity index (χ1v) is 6.28. The maximum absolute atomic E-state index is 11.8. The van der Waals surface area contributed by atoms with Crippen LogP contribution in [-0.4, -0.2) is 13.0 Å². The van der Waals surface area contributed by atoms with E-state index in [2.05, 4.69) is 17.2 Å². The van der Waals surface area contributed by atoms with Gasteiger partial charge in [0.25, 0.3) is 0 Å². The van der Waals surface area contributed by atoms with Crippen LogP contribution in [0.3, 0.4) is 0 Å². The van der Waals surface area contributed by atoms with Crippen molar-refractivity contribution in [2.24, 2.45) is 0 Å². The van der Waals surface area contributed by atoms with Crippen molar-refractivity contribution in [1.29, 1.82) is 0 Å². The Hall–Kier alpha value is -2.44. The molecule has 0 saturated heterocycles. The van der Waals surface area contributed by atoms with E-state index in [1.54, 1.807) is 18.2 Å². The summed E-state index contributed by atoms with van der Waals surface area (Å²) in [6.45, 7) is 0. The molecule has 0 fully saturated rings. The Balaban J connectivity index is 2.13. The lowest BCUT2D eigenvalue weighted by molar-refractivity contribution is -0.111. The second kappa shape index (κ2) is 6.65. The van der Waals surface area contributed by atoms with Crippen molar-refractivity contribution < 1.29 is 9.53 Å². The van der Waals surface area contributed by atoms with E-state index in [1.165, 1.54) is 7.11 Å². The van der Waals surface area contributed by atoms with Gasteiger partial charge in [-0.3, -0.25) is 4.79 Å². The summed E-state index contributed by atoms with van der Waals surface area (Å²) in [7, 11) is 1.52. The Morgan fingerprint density at radius 2 is 1.95 bits per heavy atom. The van der Waals surface area contributed by atoms with Crippen LogP contribution in [0.15, 0.2) is 48.5 Å². The summed E-state index contributed by atoms with van der Waals surface area (Å²) in [6.07, 6.45) is 0. The predicted octanol–water partition coefficient (Wildman–Crippen LogP) is 3.34. The largest absolute Gasteiger partial charge is 0.495 e. The van der Waals surface area contributed by atoms with E-state index in [4.69, 9.17) is 16.3 Å². The number of nitrogens with one attached hydrogen (secondary N) is 1. The summed E-state index contributed by atoms with van der Waals surface area (Å²) in [5.41, 5.74) is 1.27. The van der Waals surface area contributed by atoms with Crippen LogP contribution in [0, 0.1) is 11.8 Å². The molecule has 1 N–H and O–H groups in total. The van der Waals surface area contributed by atoms with Gasteiger partial charge in [0.15, 0.2) is 0 Å². The van der Waals surface area contributed by atoms with Crippen LogP contribution in [0.1, 0.15) is 5.56 Å². The molecule has 2 aromatic rings. The monoisotopic (exact) mass is 285 g/mol. The van der Waals surface area contributed by atoms with Gasteiger partial charge in [0.05, 0.1) is 12.8 Å². The smallest absolute Gasteiger partial charge is 0.300 e. The standard InChI is InChI=1S/C16H12ClNO2/c1-20-15-9-8-13(17)11-14(15)18-16(19)10-7-12-5-3-2-4-6-12/h2-6,8-9,11H,1H3,(H,18,19). The Morgan fingerprint density at radius 1 is 1.20 bits per heavy atom. The molecule has 0 aliphatic rings. The highest BCUT2D eigenvalue weighted by molar-refractivity contribution is 6.31. The zero-order valence-corrected chi connectivity index (χ0v) is 11.6. The maximum Gasteiger partial charge on any atom is 0.300 e. The summed E-state index contributed by atoms with van der Waals surface area (Å²) in [6, 6.07) is 14.3. The van der Waals surface area contributed by atoms with Crippen LogP contribution in [0.5, 0.6) is 5.75 Å². The van der Waals surface area contributed by atoms with Crippen LogP contribution in [0.25, 0.3) is 0 Å². The lowest BCUT2D eigenvalue weighted by Crippen LogP contribution is -2.09. The fourth-order valence-electron chi connectivity index (χ4n) is 1.58. The normalized spacial score (nSPS) is 9.30. The molecule has 4 heteroatoms. The third-order valence-electron chi connectivity index (χ3n) is 2.50. The van der Waals surface area contributed by atoms with Crippen molar-refractivity contribution in [1.82, 2.24) is 0 Å². The number of carbonyl (C=O) groups is 1. The van der Waals surface area contributed by atoms with Crippen molar-refractivity contribution in [2.45, 2.75) is 0 Å². The van der Waals surface area contributed by atoms with Crippen LogP contribution in [-0.2, 0) is 4.79 Å². The summed E-state index contributed by atoms with van der Waals surface area (Å²) < 4.78 is 5.14. The highest BCUT2D eigenvalue weighted by Crippen LogP contribution is 2.27. The summed E-state index contributed by atoms with van der Waals surface area (Å²) in [4.78, 5) is 11.8. The van der Waals surface area contributed by atoms with Crippen LogP contribution >= 0.6 is 11.6 Å². The Labute approximate surface area is 122 Å². The zero-order valence-electron chi connectivity index (χ0n) is 10.8. The number of carbonyl (C=O) groups excluding carboxylic acids is 1. The number of hydrogen-bond acceptors (Lipinski definition) is 2. The third kappa shape index (κ3) is 3.78. The van der Waals surface area contributed by atoms with Crippen LogP contribution in [0.2, 0.25) is 5.02 Å². The van der Waals surface area contributed by atoms with E-state index < -0.39 is 5.91 Å². The maximum atomic E-state index is 11.8. The van der Waals surface area contributed by atoms with E-state index in [0.717, 1.165) is 5.56 Å². The molecule has 0 spiro atoms. The molecular formula is C16H12ClNO2. The lowest BCUT2D eigenvalue weighted by Gasteiger charge is -2.08. The minimum atomic E-state index is -0.422. The molecule has 20 heavy (non-hydrogen) atoms. The van der Waals surface area contributed by atoms with Gasteiger partial charge < -0.3 is 10.1 Å². The molecule has 2 aromatic carbocycles. The predicted molar refractivity (Wildman–Crippen MR) is 80.0 cm³/mol. The van der Waals surface area contributed by atoms with E-state index in [-0.39, 0.29) is 0 Å². The Kier molecular flexibility index (Phi) is 4.65. The Bertz CT molecular complexity index is 672. The topological polar surface area (TPSA) is 38.3 Å². The first-order valence-electron chi connectivity index (χ1n) is 5.90. The van der Waals surface area contributed by atoms with Gasteiger partial charge in [-0.2, -0.15) is 0 Å². The molecule has 100 valence electrons. The number of halogens is 1. The van der Waals surface area contributed by atoms with Gasteiger partial charge >= 0.3 is 5.91 Å². The average molecular weight is 286 g/mol. The molecule has 1 amide bonds. The molecule has 0 unspecified atom stereocenters. The van der Waals surface area contributed by atoms with E-state index in [9.17, 15) is 4.79 Å². The number of methoxy groups -OCH3 is 1. The first kappa shape index (κ1) is 14.0. The molecule has 0 radical (unpaired) electrons. The van der Waals surface area contributed by atoms with Gasteiger partial charge in [-0.1, -0.05) is 35.7 Å². The third-order valence-corrected chi connectivity index (χ3v) is 2.74. The summed E-state index contributed by atoms with van der Waals surface area (Å²) >= 11 is 5.89. The number of amides is 1. The molecule has 0 heterocycles. The van der Waals surface area contributed by atoms with Gasteiger partial charge in [0, 0.05) is 16.5 Å². The van der Waals surface area contributed by atoms with Crippen molar-refractivity contribution >= 4 is 23.2 Å². The average Bonchev–Trinajstić information content (AvgIpc) is 2.46. The molecule has 0 aromatic heterocycles. The fraction of sp³-hybridized carbons (Fsp3) is 0.0625. The van der Waals surface area contributed by atoms with E-state index in [0.29, 0.717) is 16.5 Å². The molecule has 0 aliphatic heterocycles. The summed E-state index contributed by atoms with van der Waals surface area (Å²) in [5.74, 6) is 5.41. The molecule has 3 nitrogen and oxygen atoms in total. The highest BCUT2D eigenvalue weighted by Gasteiger charge is 2.06. The Morgan fingerprint density at radius 3 is 2.65 bits per heavy atom. The van der Waals surface area contributed by atoms with Crippen molar-refractivity contribution in [3.05, 3.63) is 59.1 Å².